The van der Waals surface area contributed by atoms with Gasteiger partial charge in [-0.05, 0) is 123 Å². The first kappa shape index (κ1) is 55.2. The second-order valence-electron chi connectivity index (χ2n) is 15.6. The third-order valence-corrected chi connectivity index (χ3v) is 10.0. The molecule has 0 aliphatic carbocycles. The van der Waals surface area contributed by atoms with E-state index in [9.17, 15) is 4.79 Å². The molecular weight excluding hydrogens is 711 g/mol. The fourth-order valence-corrected chi connectivity index (χ4v) is 6.48. The molecule has 0 atom stereocenters. The summed E-state index contributed by atoms with van der Waals surface area (Å²) in [6, 6.07) is 0. The van der Waals surface area contributed by atoms with E-state index < -0.39 is 0 Å². The van der Waals surface area contributed by atoms with E-state index in [0.29, 0.717) is 33.2 Å². The van der Waals surface area contributed by atoms with Crippen molar-refractivity contribution >= 4 is 5.97 Å². The maximum absolute atomic E-state index is 12.4. The lowest BCUT2D eigenvalue weighted by molar-refractivity contribution is -0.150. The van der Waals surface area contributed by atoms with Crippen molar-refractivity contribution in [1.82, 2.24) is 5.32 Å². The first-order chi connectivity index (χ1) is 28.2. The van der Waals surface area contributed by atoms with Crippen LogP contribution in [0.15, 0.2) is 48.6 Å². The highest BCUT2D eigenvalue weighted by Crippen LogP contribution is 2.13. The van der Waals surface area contributed by atoms with Gasteiger partial charge in [0.05, 0.1) is 0 Å². The average molecular weight is 804 g/mol. The summed E-state index contributed by atoms with van der Waals surface area (Å²) in [5.74, 6) is -0.120. The van der Waals surface area contributed by atoms with Crippen molar-refractivity contribution in [3.8, 4) is 0 Å². The zero-order valence-corrected chi connectivity index (χ0v) is 37.8. The molecule has 7 nitrogen and oxygen atoms in total. The maximum Gasteiger partial charge on any atom is 0.306 e. The third kappa shape index (κ3) is 48.5. The van der Waals surface area contributed by atoms with Crippen LogP contribution in [0.4, 0.5) is 0 Å². The smallest absolute Gasteiger partial charge is 0.306 e. The summed E-state index contributed by atoms with van der Waals surface area (Å²) in [5.41, 5.74) is 0. The van der Waals surface area contributed by atoms with Crippen LogP contribution in [0.1, 0.15) is 206 Å². The Hall–Kier alpha value is -1.77. The van der Waals surface area contributed by atoms with Crippen molar-refractivity contribution in [2.24, 2.45) is 0 Å². The highest BCUT2D eigenvalue weighted by molar-refractivity contribution is 5.69. The van der Waals surface area contributed by atoms with Crippen LogP contribution in [0.2, 0.25) is 0 Å². The standard InChI is InChI=1S/C50H93NO6/c1-4-6-8-10-12-14-16-18-20-22-24-26-28-30-32-34-43-53-47-55-45-37-39-49(57-50(52)41-36-42-51-3)40-38-46-56-48-54-44-35-33-31-29-27-25-23-21-19-17-15-13-11-9-7-5-2/h12-15,18-21,49,51H,4-11,16-17,22-48H2,1-3H3/b14-12-,15-13-,20-18-,21-19-. The van der Waals surface area contributed by atoms with Crippen LogP contribution < -0.4 is 5.32 Å². The minimum absolute atomic E-state index is 0.113. The van der Waals surface area contributed by atoms with E-state index >= 15 is 0 Å². The molecule has 0 unspecified atom stereocenters. The molecular formula is C50H93NO6. The molecule has 0 amide bonds. The molecule has 0 aromatic carbocycles. The molecule has 0 aromatic rings. The number of hydrogen-bond acceptors (Lipinski definition) is 7. The molecule has 0 aliphatic rings. The molecule has 7 heteroatoms. The van der Waals surface area contributed by atoms with Gasteiger partial charge in [0.15, 0.2) is 0 Å². The number of esters is 1. The second-order valence-corrected chi connectivity index (χ2v) is 15.6. The number of carbonyl (C=O) groups excluding carboxylic acids is 1. The van der Waals surface area contributed by atoms with Crippen molar-refractivity contribution in [3.05, 3.63) is 48.6 Å². The quantitative estimate of drug-likeness (QED) is 0.0284. The molecule has 0 aliphatic heterocycles. The predicted octanol–water partition coefficient (Wildman–Crippen LogP) is 14.1. The number of nitrogens with one attached hydrogen (secondary N) is 1. The Bertz CT molecular complexity index is 843. The number of carbonyl (C=O) groups is 1. The maximum atomic E-state index is 12.4. The molecule has 0 rings (SSSR count). The minimum atomic E-state index is -0.120. The van der Waals surface area contributed by atoms with Gasteiger partial charge in [-0.2, -0.15) is 0 Å². The summed E-state index contributed by atoms with van der Waals surface area (Å²) in [6.45, 7) is 8.70. The Morgan fingerprint density at radius 2 is 0.825 bits per heavy atom. The zero-order chi connectivity index (χ0) is 41.2. The lowest BCUT2D eigenvalue weighted by atomic mass is 10.1. The zero-order valence-electron chi connectivity index (χ0n) is 37.8. The van der Waals surface area contributed by atoms with E-state index in [2.05, 4.69) is 67.8 Å². The summed E-state index contributed by atoms with van der Waals surface area (Å²) in [4.78, 5) is 12.4. The Morgan fingerprint density at radius 3 is 1.23 bits per heavy atom. The summed E-state index contributed by atoms with van der Waals surface area (Å²) < 4.78 is 28.7. The van der Waals surface area contributed by atoms with Gasteiger partial charge in [0.25, 0.3) is 0 Å². The molecule has 0 heterocycles. The van der Waals surface area contributed by atoms with Gasteiger partial charge < -0.3 is 29.0 Å². The van der Waals surface area contributed by atoms with Crippen LogP contribution in [0.5, 0.6) is 0 Å². The molecule has 334 valence electrons. The first-order valence-electron chi connectivity index (χ1n) is 24.0. The highest BCUT2D eigenvalue weighted by atomic mass is 16.7. The Labute approximate surface area is 353 Å². The fraction of sp³-hybridized carbons (Fsp3) is 0.820. The predicted molar refractivity (Wildman–Crippen MR) is 244 cm³/mol. The molecule has 0 saturated heterocycles. The van der Waals surface area contributed by atoms with E-state index in [4.69, 9.17) is 23.7 Å². The van der Waals surface area contributed by atoms with Crippen LogP contribution >= 0.6 is 0 Å². The van der Waals surface area contributed by atoms with E-state index in [1.807, 2.05) is 7.05 Å². The van der Waals surface area contributed by atoms with Crippen molar-refractivity contribution in [2.75, 3.05) is 53.6 Å². The summed E-state index contributed by atoms with van der Waals surface area (Å²) in [6.07, 6.45) is 52.8. The SMILES string of the molecule is CCCCC/C=C\C/C=C\CCCCCCCCOCOCCCC(CCCOCOCCCCCCCC/C=C\C/C=C\CCCCC)OC(=O)CCCNC. The number of hydrogen-bond donors (Lipinski definition) is 1. The average Bonchev–Trinajstić information content (AvgIpc) is 3.21. The van der Waals surface area contributed by atoms with E-state index in [-0.39, 0.29) is 12.1 Å². The highest BCUT2D eigenvalue weighted by Gasteiger charge is 2.14. The normalized spacial score (nSPS) is 12.2. The Balaban J connectivity index is 3.77. The van der Waals surface area contributed by atoms with Crippen molar-refractivity contribution in [3.63, 3.8) is 0 Å². The molecule has 0 radical (unpaired) electrons. The molecule has 57 heavy (non-hydrogen) atoms. The summed E-state index contributed by atoms with van der Waals surface area (Å²) in [5, 5.41) is 3.09. The van der Waals surface area contributed by atoms with Crippen LogP contribution in [0, 0.1) is 0 Å². The van der Waals surface area contributed by atoms with Gasteiger partial charge in [-0.15, -0.1) is 0 Å². The van der Waals surface area contributed by atoms with E-state index in [1.165, 1.54) is 128 Å². The Morgan fingerprint density at radius 1 is 0.456 bits per heavy atom. The van der Waals surface area contributed by atoms with Gasteiger partial charge in [-0.1, -0.05) is 140 Å². The van der Waals surface area contributed by atoms with Crippen LogP contribution in [-0.2, 0) is 28.5 Å². The molecule has 0 aromatic heterocycles. The lowest BCUT2D eigenvalue weighted by Crippen LogP contribution is -2.21. The second kappa shape index (κ2) is 50.4. The van der Waals surface area contributed by atoms with Gasteiger partial charge >= 0.3 is 5.97 Å². The first-order valence-corrected chi connectivity index (χ1v) is 24.0. The fourth-order valence-electron chi connectivity index (χ4n) is 6.48. The van der Waals surface area contributed by atoms with Crippen LogP contribution in [0.25, 0.3) is 0 Å². The largest absolute Gasteiger partial charge is 0.462 e. The number of ether oxygens (including phenoxy) is 5. The molecule has 0 saturated carbocycles. The number of rotatable bonds is 47. The van der Waals surface area contributed by atoms with Crippen molar-refractivity contribution in [1.29, 1.82) is 0 Å². The van der Waals surface area contributed by atoms with Crippen molar-refractivity contribution < 1.29 is 28.5 Å². The molecule has 0 bridgehead atoms. The van der Waals surface area contributed by atoms with Gasteiger partial charge in [-0.3, -0.25) is 4.79 Å². The van der Waals surface area contributed by atoms with E-state index in [1.54, 1.807) is 0 Å². The van der Waals surface area contributed by atoms with E-state index in [0.717, 1.165) is 77.5 Å². The third-order valence-electron chi connectivity index (χ3n) is 10.0. The van der Waals surface area contributed by atoms with Gasteiger partial charge in [0.2, 0.25) is 0 Å². The van der Waals surface area contributed by atoms with Gasteiger partial charge in [0, 0.05) is 32.8 Å². The van der Waals surface area contributed by atoms with Crippen LogP contribution in [-0.4, -0.2) is 65.7 Å². The Kier molecular flexibility index (Phi) is 48.8. The van der Waals surface area contributed by atoms with Gasteiger partial charge in [0.1, 0.15) is 19.7 Å². The number of unbranched alkanes of at least 4 members (excludes halogenated alkanes) is 18. The summed E-state index contributed by atoms with van der Waals surface area (Å²) >= 11 is 0. The van der Waals surface area contributed by atoms with Crippen LogP contribution in [0.3, 0.4) is 0 Å². The molecule has 1 N–H and O–H groups in total. The van der Waals surface area contributed by atoms with Crippen molar-refractivity contribution in [2.45, 2.75) is 213 Å². The molecule has 0 fully saturated rings. The molecule has 0 spiro atoms. The topological polar surface area (TPSA) is 75.2 Å². The lowest BCUT2D eigenvalue weighted by Gasteiger charge is -2.18. The minimum Gasteiger partial charge on any atom is -0.462 e. The monoisotopic (exact) mass is 804 g/mol. The number of allylic oxidation sites excluding steroid dienone is 8. The summed E-state index contributed by atoms with van der Waals surface area (Å²) in [7, 11) is 1.90. The van der Waals surface area contributed by atoms with Gasteiger partial charge in [-0.25, -0.2) is 0 Å².